The quantitative estimate of drug-likeness (QED) is 0.378. The molecule has 3 N–H and O–H groups in total. The van der Waals surface area contributed by atoms with Gasteiger partial charge >= 0.3 is 5.97 Å². The zero-order valence-electron chi connectivity index (χ0n) is 5.78. The van der Waals surface area contributed by atoms with Crippen molar-refractivity contribution in [2.24, 2.45) is 11.8 Å². The van der Waals surface area contributed by atoms with Crippen molar-refractivity contribution in [1.82, 2.24) is 5.48 Å². The number of carboxylic acid groups (broad SMARTS) is 1. The van der Waals surface area contributed by atoms with Gasteiger partial charge in [-0.15, -0.1) is 0 Å². The van der Waals surface area contributed by atoms with Crippen LogP contribution in [0.5, 0.6) is 0 Å². The first-order valence-electron chi connectivity index (χ1n) is 3.33. The molecule has 1 saturated carbocycles. The molecule has 62 valence electrons. The van der Waals surface area contributed by atoms with E-state index in [0.29, 0.717) is 12.8 Å². The van der Waals surface area contributed by atoms with E-state index in [4.69, 9.17) is 10.3 Å². The highest BCUT2D eigenvalue weighted by molar-refractivity contribution is 5.85. The van der Waals surface area contributed by atoms with Crippen molar-refractivity contribution in [1.29, 1.82) is 0 Å². The molecule has 11 heavy (non-hydrogen) atoms. The lowest BCUT2D eigenvalue weighted by Crippen LogP contribution is -2.43. The Morgan fingerprint density at radius 1 is 1.27 bits per heavy atom. The van der Waals surface area contributed by atoms with Crippen LogP contribution >= 0.6 is 0 Å². The van der Waals surface area contributed by atoms with Crippen LogP contribution in [0.3, 0.4) is 0 Å². The van der Waals surface area contributed by atoms with Crippen LogP contribution in [-0.4, -0.2) is 22.2 Å². The van der Waals surface area contributed by atoms with Gasteiger partial charge in [-0.2, -0.15) is 0 Å². The van der Waals surface area contributed by atoms with E-state index in [2.05, 4.69) is 0 Å². The van der Waals surface area contributed by atoms with Gasteiger partial charge in [-0.1, -0.05) is 0 Å². The van der Waals surface area contributed by atoms with Crippen molar-refractivity contribution in [3.05, 3.63) is 0 Å². The molecule has 2 atom stereocenters. The number of carbonyl (C=O) groups is 2. The molecule has 0 radical (unpaired) electrons. The molecule has 1 aliphatic rings. The van der Waals surface area contributed by atoms with E-state index in [1.165, 1.54) is 5.48 Å². The van der Waals surface area contributed by atoms with Crippen molar-refractivity contribution < 1.29 is 19.9 Å². The second kappa shape index (κ2) is 2.87. The second-order valence-corrected chi connectivity index (χ2v) is 2.60. The molecule has 1 fully saturated rings. The number of carbonyl (C=O) groups excluding carboxylic acids is 1. The van der Waals surface area contributed by atoms with Crippen LogP contribution in [0.25, 0.3) is 0 Å². The van der Waals surface area contributed by atoms with Crippen LogP contribution in [0.2, 0.25) is 0 Å². The van der Waals surface area contributed by atoms with Gasteiger partial charge in [-0.3, -0.25) is 14.8 Å². The Balaban J connectivity index is 2.49. The summed E-state index contributed by atoms with van der Waals surface area (Å²) in [6.45, 7) is 0. The second-order valence-electron chi connectivity index (χ2n) is 2.60. The number of carboxylic acids is 1. The summed E-state index contributed by atoms with van der Waals surface area (Å²) in [6.07, 6.45) is 1.07. The Kier molecular flexibility index (Phi) is 2.09. The average molecular weight is 159 g/mol. The summed E-state index contributed by atoms with van der Waals surface area (Å²) in [6, 6.07) is 0. The fourth-order valence-corrected chi connectivity index (χ4v) is 1.19. The minimum absolute atomic E-state index is 0.521. The van der Waals surface area contributed by atoms with E-state index in [0.717, 1.165) is 0 Å². The van der Waals surface area contributed by atoms with Gasteiger partial charge in [-0.05, 0) is 12.8 Å². The number of hydroxylamine groups is 1. The Bertz CT molecular complexity index is 191. The van der Waals surface area contributed by atoms with E-state index in [1.54, 1.807) is 0 Å². The molecule has 0 bridgehead atoms. The number of nitrogens with one attached hydrogen (secondary N) is 1. The number of aliphatic carboxylic acids is 1. The Morgan fingerprint density at radius 2 is 1.82 bits per heavy atom. The van der Waals surface area contributed by atoms with Crippen LogP contribution in [-0.2, 0) is 9.59 Å². The third-order valence-electron chi connectivity index (χ3n) is 2.04. The maximum Gasteiger partial charge on any atom is 0.307 e. The van der Waals surface area contributed by atoms with Gasteiger partial charge in [0.25, 0.3) is 0 Å². The maximum absolute atomic E-state index is 10.7. The lowest BCUT2D eigenvalue weighted by molar-refractivity contribution is -0.155. The maximum atomic E-state index is 10.7. The van der Waals surface area contributed by atoms with E-state index in [1.807, 2.05) is 0 Å². The van der Waals surface area contributed by atoms with Gasteiger partial charge in [0.2, 0.25) is 5.91 Å². The molecule has 5 heteroatoms. The van der Waals surface area contributed by atoms with Gasteiger partial charge < -0.3 is 5.11 Å². The van der Waals surface area contributed by atoms with Gasteiger partial charge in [0, 0.05) is 0 Å². The van der Waals surface area contributed by atoms with Crippen molar-refractivity contribution in [3.63, 3.8) is 0 Å². The fraction of sp³-hybridized carbons (Fsp3) is 0.667. The molecular weight excluding hydrogens is 150 g/mol. The summed E-state index contributed by atoms with van der Waals surface area (Å²) < 4.78 is 0. The molecule has 0 aromatic heterocycles. The predicted molar refractivity (Wildman–Crippen MR) is 33.8 cm³/mol. The first kappa shape index (κ1) is 8.00. The molecule has 0 aromatic rings. The molecule has 1 aliphatic carbocycles. The van der Waals surface area contributed by atoms with Gasteiger partial charge in [0.05, 0.1) is 11.8 Å². The highest BCUT2D eigenvalue weighted by Crippen LogP contribution is 2.34. The first-order chi connectivity index (χ1) is 5.16. The topological polar surface area (TPSA) is 86.6 Å². The highest BCUT2D eigenvalue weighted by Gasteiger charge is 2.41. The summed E-state index contributed by atoms with van der Waals surface area (Å²) in [7, 11) is 0. The molecule has 1 rings (SSSR count). The minimum Gasteiger partial charge on any atom is -0.481 e. The lowest BCUT2D eigenvalue weighted by atomic mass is 9.73. The molecule has 2 unspecified atom stereocenters. The smallest absolute Gasteiger partial charge is 0.307 e. The van der Waals surface area contributed by atoms with Crippen molar-refractivity contribution >= 4 is 11.9 Å². The van der Waals surface area contributed by atoms with E-state index in [-0.39, 0.29) is 0 Å². The first-order valence-corrected chi connectivity index (χ1v) is 3.33. The van der Waals surface area contributed by atoms with Crippen LogP contribution in [0, 0.1) is 11.8 Å². The van der Waals surface area contributed by atoms with E-state index >= 15 is 0 Å². The average Bonchev–Trinajstić information content (AvgIpc) is 1.83. The molecule has 5 nitrogen and oxygen atoms in total. The summed E-state index contributed by atoms with van der Waals surface area (Å²) >= 11 is 0. The fourth-order valence-electron chi connectivity index (χ4n) is 1.19. The lowest BCUT2D eigenvalue weighted by Gasteiger charge is -2.30. The molecule has 0 aliphatic heterocycles. The minimum atomic E-state index is -0.968. The summed E-state index contributed by atoms with van der Waals surface area (Å²) in [5.74, 6) is -2.71. The van der Waals surface area contributed by atoms with Gasteiger partial charge in [0.1, 0.15) is 0 Å². The zero-order chi connectivity index (χ0) is 8.43. The number of hydrogen-bond acceptors (Lipinski definition) is 3. The SMILES string of the molecule is O=C(O)C1CCC1C(=O)NO. The van der Waals surface area contributed by atoms with Crippen molar-refractivity contribution in [2.75, 3.05) is 0 Å². The highest BCUT2D eigenvalue weighted by atomic mass is 16.5. The monoisotopic (exact) mass is 159 g/mol. The summed E-state index contributed by atoms with van der Waals surface area (Å²) in [4.78, 5) is 21.0. The standard InChI is InChI=1S/C6H9NO4/c8-5(7-11)3-1-2-4(3)6(9)10/h3-4,11H,1-2H2,(H,7,8)(H,9,10). The number of hydrogen-bond donors (Lipinski definition) is 3. The Hall–Kier alpha value is -1.10. The summed E-state index contributed by atoms with van der Waals surface area (Å²) in [5.41, 5.74) is 1.45. The van der Waals surface area contributed by atoms with E-state index < -0.39 is 23.7 Å². The molecule has 0 heterocycles. The Labute approximate surface area is 63.0 Å². The van der Waals surface area contributed by atoms with Gasteiger partial charge in [-0.25, -0.2) is 5.48 Å². The molecule has 0 spiro atoms. The number of amides is 1. The number of rotatable bonds is 2. The largest absolute Gasteiger partial charge is 0.481 e. The van der Waals surface area contributed by atoms with E-state index in [9.17, 15) is 9.59 Å². The van der Waals surface area contributed by atoms with Crippen molar-refractivity contribution in [3.8, 4) is 0 Å². The van der Waals surface area contributed by atoms with Crippen LogP contribution in [0.15, 0.2) is 0 Å². The predicted octanol–water partition coefficient (Wildman–Crippen LogP) is -0.397. The molecular formula is C6H9NO4. The van der Waals surface area contributed by atoms with Crippen LogP contribution < -0.4 is 5.48 Å². The summed E-state index contributed by atoms with van der Waals surface area (Å²) in [5, 5.41) is 16.7. The zero-order valence-corrected chi connectivity index (χ0v) is 5.78. The van der Waals surface area contributed by atoms with Crippen LogP contribution in [0.4, 0.5) is 0 Å². The van der Waals surface area contributed by atoms with Crippen molar-refractivity contribution in [2.45, 2.75) is 12.8 Å². The van der Waals surface area contributed by atoms with Crippen LogP contribution in [0.1, 0.15) is 12.8 Å². The molecule has 1 amide bonds. The molecule has 0 saturated heterocycles. The Morgan fingerprint density at radius 3 is 2.09 bits per heavy atom. The third kappa shape index (κ3) is 1.32. The third-order valence-corrected chi connectivity index (χ3v) is 2.04. The molecule has 0 aromatic carbocycles. The van der Waals surface area contributed by atoms with Gasteiger partial charge in [0.15, 0.2) is 0 Å². The normalized spacial score (nSPS) is 28.8.